The quantitative estimate of drug-likeness (QED) is 0.775. The average molecular weight is 246 g/mol. The normalized spacial score (nSPS) is 9.78. The van der Waals surface area contributed by atoms with E-state index in [9.17, 15) is 9.59 Å². The van der Waals surface area contributed by atoms with Gasteiger partial charge in [-0.1, -0.05) is 0 Å². The van der Waals surface area contributed by atoms with Gasteiger partial charge in [0.05, 0.1) is 0 Å². The molecule has 2 N–H and O–H groups in total. The molecule has 0 saturated carbocycles. The third-order valence-electron chi connectivity index (χ3n) is 1.74. The lowest BCUT2D eigenvalue weighted by Gasteiger charge is -1.90. The largest absolute Gasteiger partial charge is 0.478 e. The maximum absolute atomic E-state index is 9.55. The highest BCUT2D eigenvalue weighted by Crippen LogP contribution is 2.04. The molecule has 0 aliphatic heterocycles. The Morgan fingerprint density at radius 1 is 0.944 bits per heavy atom. The molecule has 6 nitrogen and oxygen atoms in total. The summed E-state index contributed by atoms with van der Waals surface area (Å²) >= 11 is 0. The lowest BCUT2D eigenvalue weighted by atomic mass is 10.3. The van der Waals surface area contributed by atoms with Gasteiger partial charge in [0, 0.05) is 29.9 Å². The Bertz CT molecular complexity index is 500. The van der Waals surface area contributed by atoms with Crippen molar-refractivity contribution in [2.45, 2.75) is 0 Å². The molecule has 2 rings (SSSR count). The summed E-state index contributed by atoms with van der Waals surface area (Å²) in [5.41, 5.74) is 0.810. The molecular weight excluding hydrogens is 236 g/mol. The van der Waals surface area contributed by atoms with Gasteiger partial charge < -0.3 is 10.2 Å². The summed E-state index contributed by atoms with van der Waals surface area (Å²) in [7, 11) is 0. The Morgan fingerprint density at radius 2 is 1.39 bits per heavy atom. The van der Waals surface area contributed by atoms with Gasteiger partial charge in [0.2, 0.25) is 0 Å². The molecule has 0 aliphatic carbocycles. The number of carboxylic acids is 2. The second kappa shape index (κ2) is 6.74. The van der Waals surface area contributed by atoms with Gasteiger partial charge in [0.1, 0.15) is 0 Å². The zero-order valence-corrected chi connectivity index (χ0v) is 9.22. The summed E-state index contributed by atoms with van der Waals surface area (Å²) in [6.45, 7) is 0. The first-order valence-corrected chi connectivity index (χ1v) is 4.89. The van der Waals surface area contributed by atoms with Gasteiger partial charge in [-0.2, -0.15) is 0 Å². The minimum Gasteiger partial charge on any atom is -0.478 e. The number of carboxylic acid groups (broad SMARTS) is 2. The van der Waals surface area contributed by atoms with Gasteiger partial charge in [0.25, 0.3) is 0 Å². The molecule has 0 bridgehead atoms. The Hall–Kier alpha value is -2.76. The standard InChI is InChI=1S/C8H6N2.C4H4O4/c1-3-7-4-2-6-10-8(7)9-5-1;5-3(6)1-2-4(7)8/h1-6H;1-2H,(H,5,6)(H,7,8)/b;2-1+. The highest BCUT2D eigenvalue weighted by atomic mass is 16.4. The Labute approximate surface area is 102 Å². The predicted octanol–water partition coefficient (Wildman–Crippen LogP) is 1.34. The van der Waals surface area contributed by atoms with Gasteiger partial charge in [0.15, 0.2) is 5.65 Å². The van der Waals surface area contributed by atoms with E-state index in [1.807, 2.05) is 24.3 Å². The van der Waals surface area contributed by atoms with Crippen molar-refractivity contribution in [3.8, 4) is 0 Å². The fraction of sp³-hybridized carbons (Fsp3) is 0. The molecule has 92 valence electrons. The van der Waals surface area contributed by atoms with E-state index in [2.05, 4.69) is 9.97 Å². The molecule has 0 fully saturated rings. The predicted molar refractivity (Wildman–Crippen MR) is 63.9 cm³/mol. The molecule has 0 amide bonds. The van der Waals surface area contributed by atoms with Crippen LogP contribution in [0.2, 0.25) is 0 Å². The third-order valence-corrected chi connectivity index (χ3v) is 1.74. The number of hydrogen-bond acceptors (Lipinski definition) is 4. The van der Waals surface area contributed by atoms with E-state index in [0.29, 0.717) is 12.2 Å². The Balaban J connectivity index is 0.000000187. The van der Waals surface area contributed by atoms with Crippen LogP contribution in [0.25, 0.3) is 11.0 Å². The molecule has 0 unspecified atom stereocenters. The van der Waals surface area contributed by atoms with E-state index in [1.165, 1.54) is 0 Å². The second-order valence-corrected chi connectivity index (χ2v) is 3.06. The van der Waals surface area contributed by atoms with Gasteiger partial charge in [-0.05, 0) is 24.3 Å². The lowest BCUT2D eigenvalue weighted by molar-refractivity contribution is -0.134. The summed E-state index contributed by atoms with van der Waals surface area (Å²) in [5.74, 6) is -2.51. The first-order chi connectivity index (χ1) is 8.59. The highest BCUT2D eigenvalue weighted by Gasteiger charge is 1.88. The van der Waals surface area contributed by atoms with Crippen LogP contribution in [0.3, 0.4) is 0 Å². The lowest BCUT2D eigenvalue weighted by Crippen LogP contribution is -1.91. The fourth-order valence-corrected chi connectivity index (χ4v) is 1.05. The van der Waals surface area contributed by atoms with Crippen LogP contribution in [0.4, 0.5) is 0 Å². The molecule has 18 heavy (non-hydrogen) atoms. The van der Waals surface area contributed by atoms with Crippen LogP contribution in [-0.2, 0) is 9.59 Å². The van der Waals surface area contributed by atoms with Crippen LogP contribution in [0.15, 0.2) is 48.8 Å². The van der Waals surface area contributed by atoms with Crippen molar-refractivity contribution in [1.29, 1.82) is 0 Å². The van der Waals surface area contributed by atoms with Crippen molar-refractivity contribution in [2.75, 3.05) is 0 Å². The van der Waals surface area contributed by atoms with Crippen LogP contribution >= 0.6 is 0 Å². The SMILES string of the molecule is O=C(O)/C=C/C(=O)O.c1cnc2ncccc2c1. The number of aliphatic carboxylic acids is 2. The summed E-state index contributed by atoms with van der Waals surface area (Å²) in [6.07, 6.45) is 4.61. The van der Waals surface area contributed by atoms with E-state index < -0.39 is 11.9 Å². The molecule has 2 aromatic rings. The second-order valence-electron chi connectivity index (χ2n) is 3.06. The molecule has 2 heterocycles. The van der Waals surface area contributed by atoms with Crippen molar-refractivity contribution in [3.63, 3.8) is 0 Å². The first-order valence-electron chi connectivity index (χ1n) is 4.89. The monoisotopic (exact) mass is 246 g/mol. The maximum atomic E-state index is 9.55. The van der Waals surface area contributed by atoms with Crippen molar-refractivity contribution in [1.82, 2.24) is 9.97 Å². The molecule has 0 saturated heterocycles. The van der Waals surface area contributed by atoms with Crippen LogP contribution in [0.1, 0.15) is 0 Å². The number of aromatic nitrogens is 2. The van der Waals surface area contributed by atoms with Crippen molar-refractivity contribution >= 4 is 23.0 Å². The number of rotatable bonds is 2. The fourth-order valence-electron chi connectivity index (χ4n) is 1.05. The zero-order chi connectivity index (χ0) is 13.4. The van der Waals surface area contributed by atoms with Crippen LogP contribution in [0, 0.1) is 0 Å². The van der Waals surface area contributed by atoms with E-state index in [1.54, 1.807) is 12.4 Å². The van der Waals surface area contributed by atoms with E-state index in [4.69, 9.17) is 10.2 Å². The first kappa shape index (κ1) is 13.3. The van der Waals surface area contributed by atoms with Gasteiger partial charge in [-0.3, -0.25) is 0 Å². The van der Waals surface area contributed by atoms with Crippen molar-refractivity contribution < 1.29 is 19.8 Å². The topological polar surface area (TPSA) is 100 Å². The number of carbonyl (C=O) groups is 2. The molecular formula is C12H10N2O4. The average Bonchev–Trinajstić information content (AvgIpc) is 2.37. The minimum absolute atomic E-state index is 0.558. The number of hydrogen-bond donors (Lipinski definition) is 2. The summed E-state index contributed by atoms with van der Waals surface area (Å²) in [6, 6.07) is 7.80. The van der Waals surface area contributed by atoms with Crippen molar-refractivity contribution in [3.05, 3.63) is 48.8 Å². The summed E-state index contributed by atoms with van der Waals surface area (Å²) in [4.78, 5) is 27.2. The van der Waals surface area contributed by atoms with Gasteiger partial charge in [-0.25, -0.2) is 19.6 Å². The van der Waals surface area contributed by atoms with Crippen LogP contribution in [-0.4, -0.2) is 32.1 Å². The number of fused-ring (bicyclic) bond motifs is 1. The summed E-state index contributed by atoms with van der Waals surface area (Å²) < 4.78 is 0. The van der Waals surface area contributed by atoms with E-state index in [-0.39, 0.29) is 0 Å². The van der Waals surface area contributed by atoms with E-state index in [0.717, 1.165) is 11.0 Å². The van der Waals surface area contributed by atoms with Gasteiger partial charge in [-0.15, -0.1) is 0 Å². The number of pyridine rings is 2. The molecule has 0 radical (unpaired) electrons. The molecule has 0 aliphatic rings. The van der Waals surface area contributed by atoms with Crippen LogP contribution in [0.5, 0.6) is 0 Å². The molecule has 0 spiro atoms. The molecule has 0 aromatic carbocycles. The Kier molecular flexibility index (Phi) is 4.98. The Morgan fingerprint density at radius 3 is 1.72 bits per heavy atom. The van der Waals surface area contributed by atoms with Gasteiger partial charge >= 0.3 is 11.9 Å². The third kappa shape index (κ3) is 4.84. The number of nitrogens with zero attached hydrogens (tertiary/aromatic N) is 2. The highest BCUT2D eigenvalue weighted by molar-refractivity contribution is 5.89. The van der Waals surface area contributed by atoms with E-state index >= 15 is 0 Å². The zero-order valence-electron chi connectivity index (χ0n) is 9.22. The summed E-state index contributed by atoms with van der Waals surface area (Å²) in [5, 5.41) is 16.7. The minimum atomic E-state index is -1.26. The van der Waals surface area contributed by atoms with Crippen molar-refractivity contribution in [2.24, 2.45) is 0 Å². The molecule has 0 atom stereocenters. The smallest absolute Gasteiger partial charge is 0.328 e. The maximum Gasteiger partial charge on any atom is 0.328 e. The molecule has 6 heteroatoms. The molecule has 2 aromatic heterocycles. The van der Waals surface area contributed by atoms with Crippen LogP contribution < -0.4 is 0 Å².